The van der Waals surface area contributed by atoms with E-state index in [1.54, 1.807) is 0 Å². The first-order valence-corrected chi connectivity index (χ1v) is 9.14. The molecule has 3 saturated carbocycles. The molecule has 2 amide bonds. The van der Waals surface area contributed by atoms with Crippen LogP contribution in [0.25, 0.3) is 0 Å². The van der Waals surface area contributed by atoms with E-state index in [-0.39, 0.29) is 35.0 Å². The van der Waals surface area contributed by atoms with Crippen LogP contribution in [0.2, 0.25) is 0 Å². The average molecular weight is 334 g/mol. The summed E-state index contributed by atoms with van der Waals surface area (Å²) in [6.45, 7) is 4.67. The van der Waals surface area contributed by atoms with E-state index in [2.05, 4.69) is 19.2 Å². The summed E-state index contributed by atoms with van der Waals surface area (Å²) in [5.74, 6) is -0.282. The van der Waals surface area contributed by atoms with Gasteiger partial charge in [-0.1, -0.05) is 26.7 Å². The number of hydrogen-bond donors (Lipinski definition) is 2. The zero-order chi connectivity index (χ0) is 17.2. The average Bonchev–Trinajstić information content (AvgIpc) is 3.41. The Hall–Kier alpha value is -1.59. The lowest BCUT2D eigenvalue weighted by Gasteiger charge is -2.31. The standard InChI is InChI=1S/C18H26N2O4/c1-18(2)11-8-20(14(13(11)18)17(23)24)16(22)12(7-9-3-4-9)19-15(21)10-5-6-10/h9-14H,3-8H2,1-2H3,(H,19,21)(H,23,24)/t11-,12?,13-,14-/m0/s1. The van der Waals surface area contributed by atoms with Crippen molar-refractivity contribution in [2.24, 2.45) is 29.1 Å². The van der Waals surface area contributed by atoms with Crippen molar-refractivity contribution in [3.8, 4) is 0 Å². The molecule has 24 heavy (non-hydrogen) atoms. The van der Waals surface area contributed by atoms with Gasteiger partial charge in [0.15, 0.2) is 0 Å². The van der Waals surface area contributed by atoms with Gasteiger partial charge in [0.05, 0.1) is 0 Å². The molecule has 2 N–H and O–H groups in total. The maximum atomic E-state index is 13.0. The first kappa shape index (κ1) is 15.9. The lowest BCUT2D eigenvalue weighted by atomic mass is 9.99. The summed E-state index contributed by atoms with van der Waals surface area (Å²) in [6.07, 6.45) is 4.65. The fourth-order valence-corrected chi connectivity index (χ4v) is 4.54. The van der Waals surface area contributed by atoms with Gasteiger partial charge in [-0.05, 0) is 36.5 Å². The van der Waals surface area contributed by atoms with Crippen LogP contribution < -0.4 is 5.32 Å². The second kappa shape index (κ2) is 5.20. The van der Waals surface area contributed by atoms with Crippen molar-refractivity contribution in [2.45, 2.75) is 58.0 Å². The normalized spacial score (nSPS) is 34.4. The van der Waals surface area contributed by atoms with E-state index in [1.807, 2.05) is 0 Å². The van der Waals surface area contributed by atoms with Crippen LogP contribution in [0.15, 0.2) is 0 Å². The number of nitrogens with one attached hydrogen (secondary N) is 1. The topological polar surface area (TPSA) is 86.7 Å². The molecular formula is C18H26N2O4. The number of rotatable bonds is 6. The summed E-state index contributed by atoms with van der Waals surface area (Å²) >= 11 is 0. The number of nitrogens with zero attached hydrogens (tertiary/aromatic N) is 1. The Bertz CT molecular complexity index is 594. The van der Waals surface area contributed by atoms with Crippen molar-refractivity contribution in [1.29, 1.82) is 0 Å². The summed E-state index contributed by atoms with van der Waals surface area (Å²) < 4.78 is 0. The van der Waals surface area contributed by atoms with Crippen LogP contribution in [0.4, 0.5) is 0 Å². The van der Waals surface area contributed by atoms with Gasteiger partial charge in [-0.25, -0.2) is 4.79 Å². The van der Waals surface area contributed by atoms with E-state index in [9.17, 15) is 19.5 Å². The molecule has 6 heteroatoms. The zero-order valence-corrected chi connectivity index (χ0v) is 14.3. The Morgan fingerprint density at radius 1 is 1.21 bits per heavy atom. The first-order chi connectivity index (χ1) is 11.3. The second-order valence-corrected chi connectivity index (χ2v) is 8.74. The highest BCUT2D eigenvalue weighted by Crippen LogP contribution is 2.64. The smallest absolute Gasteiger partial charge is 0.326 e. The minimum absolute atomic E-state index is 0.00306. The number of carbonyl (C=O) groups excluding carboxylic acids is 2. The number of aliphatic carboxylic acids is 1. The molecule has 4 fully saturated rings. The Morgan fingerprint density at radius 2 is 1.88 bits per heavy atom. The number of likely N-dealkylation sites (tertiary alicyclic amines) is 1. The molecule has 1 saturated heterocycles. The third-order valence-electron chi connectivity index (χ3n) is 6.57. The number of carbonyl (C=O) groups is 3. The van der Waals surface area contributed by atoms with Crippen molar-refractivity contribution < 1.29 is 19.5 Å². The quantitative estimate of drug-likeness (QED) is 0.765. The highest BCUT2D eigenvalue weighted by atomic mass is 16.4. The summed E-state index contributed by atoms with van der Waals surface area (Å²) in [6, 6.07) is -1.29. The number of amides is 2. The summed E-state index contributed by atoms with van der Waals surface area (Å²) in [7, 11) is 0. The second-order valence-electron chi connectivity index (χ2n) is 8.74. The molecule has 1 heterocycles. The Balaban J connectivity index is 1.48. The SMILES string of the molecule is CC1(C)[C@@H]2[C@@H](C(=O)O)N(C(=O)C(CC3CC3)NC(=O)C3CC3)C[C@@H]21. The number of piperidine rings is 1. The highest BCUT2D eigenvalue weighted by Gasteiger charge is 2.69. The molecule has 4 aliphatic rings. The van der Waals surface area contributed by atoms with Crippen LogP contribution in [0.5, 0.6) is 0 Å². The van der Waals surface area contributed by atoms with E-state index in [0.29, 0.717) is 18.9 Å². The summed E-state index contributed by atoms with van der Waals surface area (Å²) in [5, 5.41) is 12.6. The molecule has 0 radical (unpaired) electrons. The van der Waals surface area contributed by atoms with Crippen LogP contribution in [0.1, 0.15) is 46.0 Å². The van der Waals surface area contributed by atoms with Crippen molar-refractivity contribution in [1.82, 2.24) is 10.2 Å². The minimum Gasteiger partial charge on any atom is -0.480 e. The van der Waals surface area contributed by atoms with Gasteiger partial charge in [0.25, 0.3) is 0 Å². The molecule has 3 aliphatic carbocycles. The molecule has 4 atom stereocenters. The minimum atomic E-state index is -0.917. The van der Waals surface area contributed by atoms with Gasteiger partial charge in [0.1, 0.15) is 12.1 Å². The number of carboxylic acid groups (broad SMARTS) is 1. The van der Waals surface area contributed by atoms with E-state index >= 15 is 0 Å². The van der Waals surface area contributed by atoms with Crippen LogP contribution >= 0.6 is 0 Å². The molecule has 0 aromatic heterocycles. The van der Waals surface area contributed by atoms with E-state index in [0.717, 1.165) is 25.7 Å². The maximum Gasteiger partial charge on any atom is 0.326 e. The van der Waals surface area contributed by atoms with Crippen molar-refractivity contribution in [3.05, 3.63) is 0 Å². The number of carboxylic acids is 1. The predicted octanol–water partition coefficient (Wildman–Crippen LogP) is 1.25. The van der Waals surface area contributed by atoms with Gasteiger partial charge in [-0.15, -0.1) is 0 Å². The Kier molecular flexibility index (Phi) is 3.45. The molecule has 0 aromatic carbocycles. The van der Waals surface area contributed by atoms with Gasteiger partial charge < -0.3 is 15.3 Å². The summed E-state index contributed by atoms with van der Waals surface area (Å²) in [4.78, 5) is 38.4. The van der Waals surface area contributed by atoms with Gasteiger partial charge in [-0.2, -0.15) is 0 Å². The van der Waals surface area contributed by atoms with Crippen molar-refractivity contribution >= 4 is 17.8 Å². The van der Waals surface area contributed by atoms with Gasteiger partial charge >= 0.3 is 5.97 Å². The lowest BCUT2D eigenvalue weighted by molar-refractivity contribution is -0.151. The third kappa shape index (κ3) is 2.60. The first-order valence-electron chi connectivity index (χ1n) is 9.14. The van der Waals surface area contributed by atoms with Crippen LogP contribution in [0, 0.1) is 29.1 Å². The van der Waals surface area contributed by atoms with E-state index in [1.165, 1.54) is 4.90 Å². The van der Waals surface area contributed by atoms with Gasteiger partial charge in [-0.3, -0.25) is 9.59 Å². The van der Waals surface area contributed by atoms with E-state index in [4.69, 9.17) is 0 Å². The zero-order valence-electron chi connectivity index (χ0n) is 14.3. The molecule has 1 unspecified atom stereocenters. The third-order valence-corrected chi connectivity index (χ3v) is 6.57. The van der Waals surface area contributed by atoms with Crippen molar-refractivity contribution in [3.63, 3.8) is 0 Å². The monoisotopic (exact) mass is 334 g/mol. The molecular weight excluding hydrogens is 308 g/mol. The Morgan fingerprint density at radius 3 is 2.42 bits per heavy atom. The van der Waals surface area contributed by atoms with Crippen LogP contribution in [0.3, 0.4) is 0 Å². The number of fused-ring (bicyclic) bond motifs is 1. The Labute approximate surface area is 142 Å². The lowest BCUT2D eigenvalue weighted by Crippen LogP contribution is -2.54. The van der Waals surface area contributed by atoms with Gasteiger partial charge in [0.2, 0.25) is 11.8 Å². The molecule has 0 bridgehead atoms. The molecule has 0 spiro atoms. The molecule has 0 aromatic rings. The molecule has 4 rings (SSSR count). The summed E-state index contributed by atoms with van der Waals surface area (Å²) in [5.41, 5.74) is 0.00306. The maximum absolute atomic E-state index is 13.0. The molecule has 132 valence electrons. The highest BCUT2D eigenvalue weighted by molar-refractivity contribution is 5.92. The number of hydrogen-bond acceptors (Lipinski definition) is 3. The van der Waals surface area contributed by atoms with Crippen molar-refractivity contribution in [2.75, 3.05) is 6.54 Å². The largest absolute Gasteiger partial charge is 0.480 e. The predicted molar refractivity (Wildman–Crippen MR) is 85.9 cm³/mol. The van der Waals surface area contributed by atoms with E-state index < -0.39 is 18.1 Å². The van der Waals surface area contributed by atoms with Crippen LogP contribution in [-0.4, -0.2) is 46.4 Å². The fraction of sp³-hybridized carbons (Fsp3) is 0.833. The van der Waals surface area contributed by atoms with Crippen LogP contribution in [-0.2, 0) is 14.4 Å². The molecule has 6 nitrogen and oxygen atoms in total. The van der Waals surface area contributed by atoms with Gasteiger partial charge in [0, 0.05) is 18.4 Å². The molecule has 1 aliphatic heterocycles. The fourth-order valence-electron chi connectivity index (χ4n) is 4.54.